The van der Waals surface area contributed by atoms with Crippen molar-refractivity contribution in [3.8, 4) is 11.3 Å². The number of hydrogen-bond donors (Lipinski definition) is 3. The molecule has 5 rings (SSSR count). The monoisotopic (exact) mass is 611 g/mol. The highest BCUT2D eigenvalue weighted by Gasteiger charge is 2.21. The number of amides is 2. The molecule has 0 radical (unpaired) electrons. The van der Waals surface area contributed by atoms with Gasteiger partial charge in [0.1, 0.15) is 29.0 Å². The fourth-order valence-corrected chi connectivity index (χ4v) is 4.76. The molecule has 10 heteroatoms. The molecule has 0 spiro atoms. The van der Waals surface area contributed by atoms with Gasteiger partial charge in [0.15, 0.2) is 0 Å². The molecule has 230 valence electrons. The SMILES string of the molecule is CCOC(=O)CCNC(=O)c1ccc(N[C@H](Cc2ccc(-c3cc4ccccc4o3)cc2)C(=O)Nc2cc(F)cc(F)c2)cc1. The van der Waals surface area contributed by atoms with Crippen LogP contribution in [-0.4, -0.2) is 37.0 Å². The Bertz CT molecular complexity index is 1750. The molecule has 3 N–H and O–H groups in total. The summed E-state index contributed by atoms with van der Waals surface area (Å²) in [5.74, 6) is -2.18. The Balaban J connectivity index is 1.30. The molecule has 0 saturated heterocycles. The Labute approximate surface area is 258 Å². The lowest BCUT2D eigenvalue weighted by Crippen LogP contribution is -2.36. The van der Waals surface area contributed by atoms with Crippen LogP contribution < -0.4 is 16.0 Å². The molecule has 1 aromatic heterocycles. The average Bonchev–Trinajstić information content (AvgIpc) is 3.45. The second-order valence-corrected chi connectivity index (χ2v) is 10.3. The van der Waals surface area contributed by atoms with Gasteiger partial charge < -0.3 is 25.1 Å². The van der Waals surface area contributed by atoms with Crippen molar-refractivity contribution >= 4 is 40.1 Å². The maximum Gasteiger partial charge on any atom is 0.307 e. The first-order valence-electron chi connectivity index (χ1n) is 14.4. The van der Waals surface area contributed by atoms with Crippen molar-refractivity contribution in [2.45, 2.75) is 25.8 Å². The number of carbonyl (C=O) groups is 3. The molecule has 2 amide bonds. The van der Waals surface area contributed by atoms with Crippen molar-refractivity contribution in [3.63, 3.8) is 0 Å². The van der Waals surface area contributed by atoms with Gasteiger partial charge >= 0.3 is 5.97 Å². The second kappa shape index (κ2) is 14.3. The number of fused-ring (bicyclic) bond motifs is 1. The number of ether oxygens (including phenoxy) is 1. The van der Waals surface area contributed by atoms with E-state index < -0.39 is 29.6 Å². The van der Waals surface area contributed by atoms with E-state index in [1.54, 1.807) is 31.2 Å². The molecule has 0 aliphatic carbocycles. The Morgan fingerprint density at radius 3 is 2.24 bits per heavy atom. The summed E-state index contributed by atoms with van der Waals surface area (Å²) >= 11 is 0. The lowest BCUT2D eigenvalue weighted by atomic mass is 10.0. The van der Waals surface area contributed by atoms with Gasteiger partial charge in [-0.1, -0.05) is 42.5 Å². The molecule has 0 unspecified atom stereocenters. The van der Waals surface area contributed by atoms with E-state index in [0.29, 0.717) is 17.0 Å². The van der Waals surface area contributed by atoms with E-state index in [0.717, 1.165) is 40.3 Å². The number of halogens is 2. The van der Waals surface area contributed by atoms with Gasteiger partial charge in [-0.15, -0.1) is 0 Å². The lowest BCUT2D eigenvalue weighted by Gasteiger charge is -2.20. The summed E-state index contributed by atoms with van der Waals surface area (Å²) in [7, 11) is 0. The molecule has 1 heterocycles. The number of esters is 1. The minimum absolute atomic E-state index is 0.0145. The number of benzene rings is 4. The van der Waals surface area contributed by atoms with Crippen molar-refractivity contribution in [2.75, 3.05) is 23.8 Å². The zero-order valence-corrected chi connectivity index (χ0v) is 24.4. The number of rotatable bonds is 12. The lowest BCUT2D eigenvalue weighted by molar-refractivity contribution is -0.142. The predicted octanol–water partition coefficient (Wildman–Crippen LogP) is 6.72. The zero-order valence-electron chi connectivity index (χ0n) is 24.4. The van der Waals surface area contributed by atoms with E-state index in [1.165, 1.54) is 0 Å². The maximum atomic E-state index is 13.8. The van der Waals surface area contributed by atoms with Crippen LogP contribution in [0.25, 0.3) is 22.3 Å². The number of hydrogen-bond acceptors (Lipinski definition) is 6. The first-order chi connectivity index (χ1) is 21.8. The molecule has 8 nitrogen and oxygen atoms in total. The third-order valence-corrected chi connectivity index (χ3v) is 6.96. The molecule has 4 aromatic carbocycles. The zero-order chi connectivity index (χ0) is 31.8. The highest BCUT2D eigenvalue weighted by Crippen LogP contribution is 2.28. The molecule has 0 saturated carbocycles. The van der Waals surface area contributed by atoms with Gasteiger partial charge in [0, 0.05) is 46.9 Å². The molecule has 0 bridgehead atoms. The highest BCUT2D eigenvalue weighted by molar-refractivity contribution is 5.97. The molecule has 45 heavy (non-hydrogen) atoms. The van der Waals surface area contributed by atoms with Crippen LogP contribution in [0.4, 0.5) is 20.2 Å². The largest absolute Gasteiger partial charge is 0.466 e. The molecule has 0 fully saturated rings. The summed E-state index contributed by atoms with van der Waals surface area (Å²) < 4.78 is 38.4. The van der Waals surface area contributed by atoms with E-state index in [9.17, 15) is 23.2 Å². The Morgan fingerprint density at radius 1 is 0.844 bits per heavy atom. The normalized spacial score (nSPS) is 11.5. The quantitative estimate of drug-likeness (QED) is 0.135. The van der Waals surface area contributed by atoms with Crippen molar-refractivity contribution in [2.24, 2.45) is 0 Å². The van der Waals surface area contributed by atoms with E-state index in [1.807, 2.05) is 54.6 Å². The van der Waals surface area contributed by atoms with Crippen molar-refractivity contribution in [1.29, 1.82) is 0 Å². The fourth-order valence-electron chi connectivity index (χ4n) is 4.76. The number of para-hydroxylation sites is 1. The molecule has 1 atom stereocenters. The van der Waals surface area contributed by atoms with E-state index in [2.05, 4.69) is 16.0 Å². The first kappa shape index (κ1) is 30.9. The predicted molar refractivity (Wildman–Crippen MR) is 168 cm³/mol. The van der Waals surface area contributed by atoms with Crippen molar-refractivity contribution in [3.05, 3.63) is 120 Å². The van der Waals surface area contributed by atoms with Crippen LogP contribution in [0.5, 0.6) is 0 Å². The number of anilines is 2. The molecular formula is C35H31F2N3O5. The van der Waals surface area contributed by atoms with Gasteiger partial charge in [-0.2, -0.15) is 0 Å². The summed E-state index contributed by atoms with van der Waals surface area (Å²) in [6, 6.07) is 25.7. The summed E-state index contributed by atoms with van der Waals surface area (Å²) in [6.45, 7) is 2.12. The molecule has 0 aliphatic rings. The number of carbonyl (C=O) groups excluding carboxylic acids is 3. The maximum absolute atomic E-state index is 13.8. The topological polar surface area (TPSA) is 110 Å². The van der Waals surface area contributed by atoms with Crippen LogP contribution in [0, 0.1) is 11.6 Å². The first-order valence-corrected chi connectivity index (χ1v) is 14.4. The minimum Gasteiger partial charge on any atom is -0.466 e. The van der Waals surface area contributed by atoms with Gasteiger partial charge in [0.05, 0.1) is 13.0 Å². The third kappa shape index (κ3) is 8.32. The van der Waals surface area contributed by atoms with Gasteiger partial charge in [-0.25, -0.2) is 8.78 Å². The van der Waals surface area contributed by atoms with Crippen LogP contribution in [0.3, 0.4) is 0 Å². The van der Waals surface area contributed by atoms with Crippen LogP contribution >= 0.6 is 0 Å². The Morgan fingerprint density at radius 2 is 1.56 bits per heavy atom. The molecule has 5 aromatic rings. The van der Waals surface area contributed by atoms with E-state index in [4.69, 9.17) is 9.15 Å². The Hall–Kier alpha value is -5.51. The van der Waals surface area contributed by atoms with Crippen molar-refractivity contribution in [1.82, 2.24) is 5.32 Å². The van der Waals surface area contributed by atoms with Crippen LogP contribution in [-0.2, 0) is 20.7 Å². The number of furan rings is 1. The van der Waals surface area contributed by atoms with Gasteiger partial charge in [0.2, 0.25) is 5.91 Å². The summed E-state index contributed by atoms with van der Waals surface area (Å²) in [6.07, 6.45) is 0.296. The van der Waals surface area contributed by atoms with Crippen LogP contribution in [0.2, 0.25) is 0 Å². The van der Waals surface area contributed by atoms with Crippen molar-refractivity contribution < 1.29 is 32.3 Å². The smallest absolute Gasteiger partial charge is 0.307 e. The summed E-state index contributed by atoms with van der Waals surface area (Å²) in [4.78, 5) is 37.4. The van der Waals surface area contributed by atoms with Gasteiger partial charge in [-0.3, -0.25) is 14.4 Å². The van der Waals surface area contributed by atoms with Gasteiger partial charge in [-0.05, 0) is 61.0 Å². The second-order valence-electron chi connectivity index (χ2n) is 10.3. The summed E-state index contributed by atoms with van der Waals surface area (Å²) in [5.41, 5.74) is 3.37. The average molecular weight is 612 g/mol. The van der Waals surface area contributed by atoms with Gasteiger partial charge in [0.25, 0.3) is 5.91 Å². The fraction of sp³-hybridized carbons (Fsp3) is 0.171. The molecule has 0 aliphatic heterocycles. The molecular weight excluding hydrogens is 580 g/mol. The van der Waals surface area contributed by atoms with E-state index >= 15 is 0 Å². The standard InChI is InChI=1S/C35H31F2N3O5/c1-2-44-33(41)15-16-38-34(42)24-11-13-28(14-12-24)39-30(35(43)40-29-20-26(36)19-27(37)21-29)17-22-7-9-23(10-8-22)32-18-25-5-3-4-6-31(25)45-32/h3-14,18-21,30,39H,2,15-17H2,1H3,(H,38,42)(H,40,43)/t30-/m1/s1. The summed E-state index contributed by atoms with van der Waals surface area (Å²) in [5, 5.41) is 9.42. The highest BCUT2D eigenvalue weighted by atomic mass is 19.1. The minimum atomic E-state index is -0.849. The Kier molecular flexibility index (Phi) is 9.83. The third-order valence-electron chi connectivity index (χ3n) is 6.96. The van der Waals surface area contributed by atoms with Crippen LogP contribution in [0.15, 0.2) is 101 Å². The number of nitrogens with one attached hydrogen (secondary N) is 3. The van der Waals surface area contributed by atoms with E-state index in [-0.39, 0.29) is 37.6 Å². The van der Waals surface area contributed by atoms with Crippen LogP contribution in [0.1, 0.15) is 29.3 Å².